The number of hydrogen-bond donors (Lipinski definition) is 2. The molecule has 1 aromatic carbocycles. The molecule has 1 aliphatic rings. The van der Waals surface area contributed by atoms with Crippen LogP contribution in [0.15, 0.2) is 52.9 Å². The molecule has 0 saturated carbocycles. The standard InChI is InChI=1S/C22H24ClN5OS/c1-15-7-5-6-12-28(15)20-13-19(23)25-21(26-20)27-22(30)24-14-17-10-11-18(29-17)16-8-3-2-4-9-16/h2-4,8-11,13,15H,5-7,12,14H2,1H3,(H2,24,25,26,27,30)/t15-/m1/s1. The van der Waals surface area contributed by atoms with Crippen LogP contribution in [0.1, 0.15) is 31.9 Å². The van der Waals surface area contributed by atoms with Gasteiger partial charge in [-0.2, -0.15) is 4.98 Å². The Bertz CT molecular complexity index is 1010. The van der Waals surface area contributed by atoms with Crippen LogP contribution in [-0.4, -0.2) is 27.7 Å². The number of hydrogen-bond acceptors (Lipinski definition) is 5. The van der Waals surface area contributed by atoms with Crippen molar-refractivity contribution >= 4 is 40.7 Å². The van der Waals surface area contributed by atoms with Crippen molar-refractivity contribution in [3.05, 3.63) is 59.4 Å². The number of furan rings is 1. The normalized spacial score (nSPS) is 16.3. The summed E-state index contributed by atoms with van der Waals surface area (Å²) in [6.07, 6.45) is 3.55. The average molecular weight is 442 g/mol. The van der Waals surface area contributed by atoms with Gasteiger partial charge in [-0.05, 0) is 50.5 Å². The highest BCUT2D eigenvalue weighted by Crippen LogP contribution is 2.26. The third-order valence-corrected chi connectivity index (χ3v) is 5.59. The molecule has 0 bridgehead atoms. The van der Waals surface area contributed by atoms with Crippen LogP contribution in [0.4, 0.5) is 11.8 Å². The van der Waals surface area contributed by atoms with Crippen molar-refractivity contribution in [1.29, 1.82) is 0 Å². The van der Waals surface area contributed by atoms with Gasteiger partial charge in [0.15, 0.2) is 5.11 Å². The van der Waals surface area contributed by atoms with E-state index < -0.39 is 0 Å². The Labute approximate surface area is 186 Å². The van der Waals surface area contributed by atoms with Gasteiger partial charge in [-0.15, -0.1) is 0 Å². The van der Waals surface area contributed by atoms with Crippen LogP contribution in [0.5, 0.6) is 0 Å². The fraction of sp³-hybridized carbons (Fsp3) is 0.318. The first-order valence-corrected chi connectivity index (χ1v) is 10.9. The number of nitrogens with one attached hydrogen (secondary N) is 2. The molecule has 2 N–H and O–H groups in total. The number of nitrogens with zero attached hydrogens (tertiary/aromatic N) is 3. The number of thiocarbonyl (C=S) groups is 1. The van der Waals surface area contributed by atoms with Gasteiger partial charge in [-0.25, -0.2) is 4.98 Å². The SMILES string of the molecule is C[C@@H]1CCCCN1c1cc(Cl)nc(NC(=S)NCc2ccc(-c3ccccc3)o2)n1. The van der Waals surface area contributed by atoms with E-state index in [1.807, 2.05) is 42.5 Å². The smallest absolute Gasteiger partial charge is 0.232 e. The lowest BCUT2D eigenvalue weighted by molar-refractivity contribution is 0.481. The van der Waals surface area contributed by atoms with Gasteiger partial charge in [0.2, 0.25) is 5.95 Å². The third-order valence-electron chi connectivity index (χ3n) is 5.15. The Balaban J connectivity index is 1.37. The molecule has 1 saturated heterocycles. The lowest BCUT2D eigenvalue weighted by atomic mass is 10.0. The first-order chi connectivity index (χ1) is 14.6. The molecule has 4 rings (SSSR count). The third kappa shape index (κ3) is 5.09. The van der Waals surface area contributed by atoms with Crippen molar-refractivity contribution in [2.75, 3.05) is 16.8 Å². The van der Waals surface area contributed by atoms with Crippen LogP contribution in [0.25, 0.3) is 11.3 Å². The minimum atomic E-state index is 0.386. The largest absolute Gasteiger partial charge is 0.459 e. The Morgan fingerprint density at radius 3 is 2.83 bits per heavy atom. The van der Waals surface area contributed by atoms with Gasteiger partial charge in [-0.3, -0.25) is 0 Å². The number of anilines is 2. The Morgan fingerprint density at radius 1 is 1.20 bits per heavy atom. The van der Waals surface area contributed by atoms with E-state index in [0.29, 0.717) is 28.8 Å². The van der Waals surface area contributed by atoms with E-state index in [0.717, 1.165) is 42.3 Å². The molecular weight excluding hydrogens is 418 g/mol. The van der Waals surface area contributed by atoms with Crippen LogP contribution >= 0.6 is 23.8 Å². The van der Waals surface area contributed by atoms with E-state index in [9.17, 15) is 0 Å². The highest BCUT2D eigenvalue weighted by molar-refractivity contribution is 7.80. The molecular formula is C22H24ClN5OS. The summed E-state index contributed by atoms with van der Waals surface area (Å²) in [4.78, 5) is 11.1. The van der Waals surface area contributed by atoms with Crippen molar-refractivity contribution in [3.8, 4) is 11.3 Å². The van der Waals surface area contributed by atoms with Gasteiger partial charge in [0, 0.05) is 24.2 Å². The fourth-order valence-electron chi connectivity index (χ4n) is 3.59. The fourth-order valence-corrected chi connectivity index (χ4v) is 3.93. The molecule has 1 aliphatic heterocycles. The van der Waals surface area contributed by atoms with Crippen LogP contribution in [0.3, 0.4) is 0 Å². The highest BCUT2D eigenvalue weighted by Gasteiger charge is 2.21. The van der Waals surface area contributed by atoms with E-state index >= 15 is 0 Å². The number of rotatable bonds is 5. The maximum Gasteiger partial charge on any atom is 0.232 e. The van der Waals surface area contributed by atoms with Crippen molar-refractivity contribution < 1.29 is 4.42 Å². The molecule has 0 radical (unpaired) electrons. The van der Waals surface area contributed by atoms with Crippen molar-refractivity contribution in [1.82, 2.24) is 15.3 Å². The second kappa shape index (κ2) is 9.45. The molecule has 3 heterocycles. The van der Waals surface area contributed by atoms with Gasteiger partial charge in [-0.1, -0.05) is 41.9 Å². The maximum atomic E-state index is 6.24. The van der Waals surface area contributed by atoms with Gasteiger partial charge in [0.1, 0.15) is 22.5 Å². The van der Waals surface area contributed by atoms with Crippen molar-refractivity contribution in [2.45, 2.75) is 38.8 Å². The first kappa shape index (κ1) is 20.6. The maximum absolute atomic E-state index is 6.24. The van der Waals surface area contributed by atoms with Crippen LogP contribution in [-0.2, 0) is 6.54 Å². The Kier molecular flexibility index (Phi) is 6.50. The zero-order valence-corrected chi connectivity index (χ0v) is 18.3. The van der Waals surface area contributed by atoms with E-state index in [1.54, 1.807) is 6.07 Å². The lowest BCUT2D eigenvalue weighted by Crippen LogP contribution is -2.38. The van der Waals surface area contributed by atoms with E-state index in [-0.39, 0.29) is 0 Å². The zero-order valence-electron chi connectivity index (χ0n) is 16.8. The van der Waals surface area contributed by atoms with Crippen molar-refractivity contribution in [3.63, 3.8) is 0 Å². The topological polar surface area (TPSA) is 66.2 Å². The average Bonchev–Trinajstić information content (AvgIpc) is 3.22. The predicted molar refractivity (Wildman–Crippen MR) is 125 cm³/mol. The number of benzene rings is 1. The minimum absolute atomic E-state index is 0.386. The molecule has 0 amide bonds. The summed E-state index contributed by atoms with van der Waals surface area (Å²) in [5.41, 5.74) is 1.04. The monoisotopic (exact) mass is 441 g/mol. The van der Waals surface area contributed by atoms with E-state index in [4.69, 9.17) is 28.2 Å². The quantitative estimate of drug-likeness (QED) is 0.413. The van der Waals surface area contributed by atoms with Crippen LogP contribution in [0.2, 0.25) is 5.15 Å². The van der Waals surface area contributed by atoms with Crippen LogP contribution in [0, 0.1) is 0 Å². The summed E-state index contributed by atoms with van der Waals surface area (Å²) in [5.74, 6) is 2.82. The summed E-state index contributed by atoms with van der Waals surface area (Å²) >= 11 is 11.6. The molecule has 1 fully saturated rings. The lowest BCUT2D eigenvalue weighted by Gasteiger charge is -2.34. The minimum Gasteiger partial charge on any atom is -0.459 e. The summed E-state index contributed by atoms with van der Waals surface area (Å²) in [6, 6.07) is 16.1. The number of piperidine rings is 1. The first-order valence-electron chi connectivity index (χ1n) is 10.1. The summed E-state index contributed by atoms with van der Waals surface area (Å²) in [5, 5.41) is 6.96. The molecule has 30 heavy (non-hydrogen) atoms. The van der Waals surface area contributed by atoms with Gasteiger partial charge in [0.05, 0.1) is 6.54 Å². The molecule has 8 heteroatoms. The van der Waals surface area contributed by atoms with E-state index in [1.165, 1.54) is 6.42 Å². The molecule has 0 aliphatic carbocycles. The molecule has 0 spiro atoms. The molecule has 156 valence electrons. The molecule has 1 atom stereocenters. The predicted octanol–water partition coefficient (Wildman–Crippen LogP) is 5.26. The van der Waals surface area contributed by atoms with Gasteiger partial charge in [0.25, 0.3) is 0 Å². The summed E-state index contributed by atoms with van der Waals surface area (Å²) in [6.45, 7) is 3.63. The Hall–Kier alpha value is -2.64. The Morgan fingerprint density at radius 2 is 2.03 bits per heavy atom. The summed E-state index contributed by atoms with van der Waals surface area (Å²) in [7, 11) is 0. The van der Waals surface area contributed by atoms with Crippen molar-refractivity contribution in [2.24, 2.45) is 0 Å². The molecule has 3 aromatic rings. The highest BCUT2D eigenvalue weighted by atomic mass is 35.5. The zero-order chi connectivity index (χ0) is 20.9. The summed E-state index contributed by atoms with van der Waals surface area (Å²) < 4.78 is 5.89. The van der Waals surface area contributed by atoms with Gasteiger partial charge >= 0.3 is 0 Å². The van der Waals surface area contributed by atoms with Crippen LogP contribution < -0.4 is 15.5 Å². The second-order valence-electron chi connectivity index (χ2n) is 7.35. The number of halogens is 1. The molecule has 0 unspecified atom stereocenters. The molecule has 2 aromatic heterocycles. The second-order valence-corrected chi connectivity index (χ2v) is 8.15. The van der Waals surface area contributed by atoms with E-state index in [2.05, 4.69) is 32.4 Å². The molecule has 6 nitrogen and oxygen atoms in total. The van der Waals surface area contributed by atoms with Gasteiger partial charge < -0.3 is 20.0 Å². The number of aromatic nitrogens is 2.